The molecule has 1 aromatic heterocycles. The first-order valence-corrected chi connectivity index (χ1v) is 6.68. The number of aromatic nitrogens is 2. The molecule has 1 atom stereocenters. The second-order valence-electron chi connectivity index (χ2n) is 5.18. The van der Waals surface area contributed by atoms with Crippen LogP contribution in [-0.2, 0) is 13.1 Å². The number of rotatable bonds is 4. The van der Waals surface area contributed by atoms with E-state index in [9.17, 15) is 0 Å². The molecule has 0 bridgehead atoms. The van der Waals surface area contributed by atoms with Gasteiger partial charge in [0.25, 0.3) is 0 Å². The van der Waals surface area contributed by atoms with Crippen LogP contribution in [0.1, 0.15) is 32.3 Å². The Labute approximate surface area is 104 Å². The van der Waals surface area contributed by atoms with Crippen molar-refractivity contribution in [2.75, 3.05) is 13.1 Å². The molecule has 2 N–H and O–H groups in total. The van der Waals surface area contributed by atoms with E-state index in [0.717, 1.165) is 13.1 Å². The zero-order valence-corrected chi connectivity index (χ0v) is 11.0. The predicted molar refractivity (Wildman–Crippen MR) is 69.6 cm³/mol. The van der Waals surface area contributed by atoms with E-state index >= 15 is 0 Å². The van der Waals surface area contributed by atoms with Crippen molar-refractivity contribution in [1.82, 2.24) is 14.7 Å². The summed E-state index contributed by atoms with van der Waals surface area (Å²) < 4.78 is 1.99. The lowest BCUT2D eigenvalue weighted by Crippen LogP contribution is -2.39. The SMILES string of the molecule is CCn1cc(CN2CCC(C(C)N)CC2)cn1. The van der Waals surface area contributed by atoms with Gasteiger partial charge in [0.2, 0.25) is 0 Å². The summed E-state index contributed by atoms with van der Waals surface area (Å²) in [6.07, 6.45) is 6.61. The number of aryl methyl sites for hydroxylation is 1. The van der Waals surface area contributed by atoms with E-state index < -0.39 is 0 Å². The third kappa shape index (κ3) is 3.30. The summed E-state index contributed by atoms with van der Waals surface area (Å²) in [6.45, 7) is 8.57. The average molecular weight is 236 g/mol. The summed E-state index contributed by atoms with van der Waals surface area (Å²) >= 11 is 0. The van der Waals surface area contributed by atoms with Crippen LogP contribution in [0.4, 0.5) is 0 Å². The van der Waals surface area contributed by atoms with Crippen molar-refractivity contribution in [1.29, 1.82) is 0 Å². The normalized spacial score (nSPS) is 20.6. The van der Waals surface area contributed by atoms with E-state index in [1.54, 1.807) is 0 Å². The van der Waals surface area contributed by atoms with E-state index in [1.807, 2.05) is 10.9 Å². The minimum Gasteiger partial charge on any atom is -0.328 e. The van der Waals surface area contributed by atoms with Crippen LogP contribution in [0.15, 0.2) is 12.4 Å². The topological polar surface area (TPSA) is 47.1 Å². The Kier molecular flexibility index (Phi) is 4.18. The van der Waals surface area contributed by atoms with Gasteiger partial charge in [-0.2, -0.15) is 5.10 Å². The van der Waals surface area contributed by atoms with Crippen molar-refractivity contribution in [3.8, 4) is 0 Å². The maximum Gasteiger partial charge on any atom is 0.0534 e. The van der Waals surface area contributed by atoms with Gasteiger partial charge in [-0.3, -0.25) is 9.58 Å². The molecule has 2 heterocycles. The van der Waals surface area contributed by atoms with Gasteiger partial charge in [-0.25, -0.2) is 0 Å². The molecule has 2 rings (SSSR count). The van der Waals surface area contributed by atoms with E-state index in [0.29, 0.717) is 12.0 Å². The van der Waals surface area contributed by atoms with Crippen LogP contribution in [0.3, 0.4) is 0 Å². The van der Waals surface area contributed by atoms with Crippen LogP contribution in [0.2, 0.25) is 0 Å². The highest BCUT2D eigenvalue weighted by Gasteiger charge is 2.21. The molecule has 0 amide bonds. The second kappa shape index (κ2) is 5.65. The molecule has 4 heteroatoms. The average Bonchev–Trinajstić information content (AvgIpc) is 2.77. The minimum atomic E-state index is 0.347. The Morgan fingerprint density at radius 2 is 2.18 bits per heavy atom. The first kappa shape index (κ1) is 12.6. The molecule has 96 valence electrons. The van der Waals surface area contributed by atoms with Gasteiger partial charge in [-0.1, -0.05) is 0 Å². The molecule has 1 unspecified atom stereocenters. The molecule has 1 saturated heterocycles. The number of nitrogens with zero attached hydrogens (tertiary/aromatic N) is 3. The molecular formula is C13H24N4. The third-order valence-corrected chi connectivity index (χ3v) is 3.79. The highest BCUT2D eigenvalue weighted by molar-refractivity contribution is 5.03. The van der Waals surface area contributed by atoms with Crippen LogP contribution >= 0.6 is 0 Å². The summed E-state index contributed by atoms with van der Waals surface area (Å²) in [7, 11) is 0. The largest absolute Gasteiger partial charge is 0.328 e. The van der Waals surface area contributed by atoms with Gasteiger partial charge < -0.3 is 5.73 Å². The Balaban J connectivity index is 1.81. The Morgan fingerprint density at radius 1 is 1.47 bits per heavy atom. The fourth-order valence-corrected chi connectivity index (χ4v) is 2.56. The third-order valence-electron chi connectivity index (χ3n) is 3.79. The lowest BCUT2D eigenvalue weighted by molar-refractivity contribution is 0.165. The zero-order valence-electron chi connectivity index (χ0n) is 11.0. The predicted octanol–water partition coefficient (Wildman–Crippen LogP) is 1.46. The Hall–Kier alpha value is -0.870. The van der Waals surface area contributed by atoms with Gasteiger partial charge in [0, 0.05) is 30.9 Å². The summed E-state index contributed by atoms with van der Waals surface area (Å²) in [5.41, 5.74) is 7.28. The number of nitrogens with two attached hydrogens (primary N) is 1. The molecule has 0 aliphatic carbocycles. The quantitative estimate of drug-likeness (QED) is 0.861. The van der Waals surface area contributed by atoms with Crippen LogP contribution < -0.4 is 5.73 Å². The molecule has 0 saturated carbocycles. The van der Waals surface area contributed by atoms with Gasteiger partial charge >= 0.3 is 0 Å². The number of hydrogen-bond donors (Lipinski definition) is 1. The minimum absolute atomic E-state index is 0.347. The smallest absolute Gasteiger partial charge is 0.0534 e. The maximum atomic E-state index is 5.95. The second-order valence-corrected chi connectivity index (χ2v) is 5.18. The fraction of sp³-hybridized carbons (Fsp3) is 0.769. The lowest BCUT2D eigenvalue weighted by Gasteiger charge is -2.33. The van der Waals surface area contributed by atoms with Crippen molar-refractivity contribution >= 4 is 0 Å². The number of likely N-dealkylation sites (tertiary alicyclic amines) is 1. The number of piperidine rings is 1. The summed E-state index contributed by atoms with van der Waals surface area (Å²) in [4.78, 5) is 2.51. The van der Waals surface area contributed by atoms with Crippen LogP contribution in [0, 0.1) is 5.92 Å². The number of hydrogen-bond acceptors (Lipinski definition) is 3. The van der Waals surface area contributed by atoms with Crippen LogP contribution in [0.5, 0.6) is 0 Å². The van der Waals surface area contributed by atoms with Gasteiger partial charge in [-0.05, 0) is 45.7 Å². The molecule has 1 aromatic rings. The molecule has 1 aliphatic heterocycles. The summed E-state index contributed by atoms with van der Waals surface area (Å²) in [5.74, 6) is 0.713. The molecule has 0 radical (unpaired) electrons. The van der Waals surface area contributed by atoms with Crippen molar-refractivity contribution in [2.45, 2.75) is 45.8 Å². The molecule has 17 heavy (non-hydrogen) atoms. The van der Waals surface area contributed by atoms with Crippen molar-refractivity contribution in [3.05, 3.63) is 18.0 Å². The fourth-order valence-electron chi connectivity index (χ4n) is 2.56. The van der Waals surface area contributed by atoms with Gasteiger partial charge in [0.05, 0.1) is 6.20 Å². The van der Waals surface area contributed by atoms with Crippen molar-refractivity contribution in [2.24, 2.45) is 11.7 Å². The van der Waals surface area contributed by atoms with Crippen LogP contribution in [-0.4, -0.2) is 33.8 Å². The first-order valence-electron chi connectivity index (χ1n) is 6.68. The monoisotopic (exact) mass is 236 g/mol. The highest BCUT2D eigenvalue weighted by Crippen LogP contribution is 2.20. The van der Waals surface area contributed by atoms with Gasteiger partial charge in [-0.15, -0.1) is 0 Å². The van der Waals surface area contributed by atoms with Crippen LogP contribution in [0.25, 0.3) is 0 Å². The first-order chi connectivity index (χ1) is 8.19. The Morgan fingerprint density at radius 3 is 2.71 bits per heavy atom. The highest BCUT2D eigenvalue weighted by atomic mass is 15.3. The molecule has 1 fully saturated rings. The lowest BCUT2D eigenvalue weighted by atomic mass is 9.91. The summed E-state index contributed by atoms with van der Waals surface area (Å²) in [5, 5.41) is 4.31. The molecular weight excluding hydrogens is 212 g/mol. The summed E-state index contributed by atoms with van der Waals surface area (Å²) in [6, 6.07) is 0.347. The van der Waals surface area contributed by atoms with E-state index in [2.05, 4.69) is 30.0 Å². The van der Waals surface area contributed by atoms with Crippen molar-refractivity contribution < 1.29 is 0 Å². The Bertz CT molecular complexity index is 337. The molecule has 4 nitrogen and oxygen atoms in total. The molecule has 0 spiro atoms. The molecule has 0 aromatic carbocycles. The van der Waals surface area contributed by atoms with E-state index in [4.69, 9.17) is 5.73 Å². The maximum absolute atomic E-state index is 5.95. The van der Waals surface area contributed by atoms with E-state index in [1.165, 1.54) is 31.5 Å². The van der Waals surface area contributed by atoms with E-state index in [-0.39, 0.29) is 0 Å². The molecule has 1 aliphatic rings. The van der Waals surface area contributed by atoms with Crippen molar-refractivity contribution in [3.63, 3.8) is 0 Å². The van der Waals surface area contributed by atoms with Gasteiger partial charge in [0.15, 0.2) is 0 Å². The standard InChI is InChI=1S/C13H24N4/c1-3-17-10-12(8-15-17)9-16-6-4-13(5-7-16)11(2)14/h8,10-11,13H,3-7,9,14H2,1-2H3. The zero-order chi connectivity index (χ0) is 12.3. The van der Waals surface area contributed by atoms with Gasteiger partial charge in [0.1, 0.15) is 0 Å².